The molecule has 1 aliphatic rings. The average Bonchev–Trinajstić information content (AvgIpc) is 2.73. The van der Waals surface area contributed by atoms with Gasteiger partial charge in [-0.1, -0.05) is 23.7 Å². The predicted molar refractivity (Wildman–Crippen MR) is 72.0 cm³/mol. The Kier molecular flexibility index (Phi) is 4.29. The van der Waals surface area contributed by atoms with Crippen molar-refractivity contribution >= 4 is 17.5 Å². The summed E-state index contributed by atoms with van der Waals surface area (Å²) in [5.74, 6) is 0.171. The first kappa shape index (κ1) is 14.1. The summed E-state index contributed by atoms with van der Waals surface area (Å²) in [5, 5.41) is 10.2. The summed E-state index contributed by atoms with van der Waals surface area (Å²) in [5.41, 5.74) is 6.20. The van der Waals surface area contributed by atoms with Crippen LogP contribution in [-0.2, 0) is 11.3 Å². The summed E-state index contributed by atoms with van der Waals surface area (Å²) in [7, 11) is 1.55. The Bertz CT molecular complexity index is 481. The number of hydrogen-bond acceptors (Lipinski definition) is 4. The molecule has 0 saturated carbocycles. The highest BCUT2D eigenvalue weighted by atomic mass is 35.5. The topological polar surface area (TPSA) is 75.8 Å². The molecule has 0 spiro atoms. The Morgan fingerprint density at radius 1 is 1.63 bits per heavy atom. The first-order chi connectivity index (χ1) is 9.02. The number of aliphatic hydroxyl groups is 1. The van der Waals surface area contributed by atoms with Gasteiger partial charge in [-0.3, -0.25) is 9.69 Å². The number of ether oxygens (including phenoxy) is 1. The molecule has 0 bridgehead atoms. The van der Waals surface area contributed by atoms with Crippen LogP contribution in [0.5, 0.6) is 5.75 Å². The molecule has 1 fully saturated rings. The number of rotatable bonds is 4. The van der Waals surface area contributed by atoms with Crippen molar-refractivity contribution < 1.29 is 14.6 Å². The smallest absolute Gasteiger partial charge is 0.234 e. The standard InChI is InChI=1S/C13H17ClN2O3/c1-19-11-4-2-3-8(12(11)14)6-16-7-9(17)5-10(16)13(15)18/h2-4,9-10,17H,5-7H2,1H3,(H2,15,18)/t9-,10+/m1/s1. The van der Waals surface area contributed by atoms with Crippen LogP contribution in [0.15, 0.2) is 18.2 Å². The number of amides is 1. The van der Waals surface area contributed by atoms with Gasteiger partial charge in [0, 0.05) is 13.1 Å². The van der Waals surface area contributed by atoms with Crippen LogP contribution in [0.3, 0.4) is 0 Å². The first-order valence-electron chi connectivity index (χ1n) is 6.05. The monoisotopic (exact) mass is 284 g/mol. The van der Waals surface area contributed by atoms with Gasteiger partial charge in [0.1, 0.15) is 5.75 Å². The van der Waals surface area contributed by atoms with Crippen LogP contribution in [-0.4, -0.2) is 41.7 Å². The minimum absolute atomic E-state index is 0.372. The molecule has 3 N–H and O–H groups in total. The van der Waals surface area contributed by atoms with Gasteiger partial charge in [-0.05, 0) is 18.1 Å². The van der Waals surface area contributed by atoms with Crippen molar-refractivity contribution in [2.75, 3.05) is 13.7 Å². The van der Waals surface area contributed by atoms with E-state index < -0.39 is 18.1 Å². The van der Waals surface area contributed by atoms with E-state index in [0.29, 0.717) is 30.3 Å². The van der Waals surface area contributed by atoms with E-state index in [-0.39, 0.29) is 0 Å². The van der Waals surface area contributed by atoms with Crippen LogP contribution in [0.1, 0.15) is 12.0 Å². The van der Waals surface area contributed by atoms with Gasteiger partial charge >= 0.3 is 0 Å². The number of halogens is 1. The minimum atomic E-state index is -0.526. The zero-order valence-electron chi connectivity index (χ0n) is 10.7. The lowest BCUT2D eigenvalue weighted by Gasteiger charge is -2.22. The lowest BCUT2D eigenvalue weighted by Crippen LogP contribution is -2.39. The third kappa shape index (κ3) is 3.00. The van der Waals surface area contributed by atoms with Gasteiger partial charge in [0.2, 0.25) is 5.91 Å². The molecule has 2 atom stereocenters. The fraction of sp³-hybridized carbons (Fsp3) is 0.462. The SMILES string of the molecule is COc1cccc(CN2C[C@H](O)C[C@H]2C(N)=O)c1Cl. The average molecular weight is 285 g/mol. The Balaban J connectivity index is 2.18. The van der Waals surface area contributed by atoms with E-state index in [4.69, 9.17) is 22.1 Å². The fourth-order valence-corrected chi connectivity index (χ4v) is 2.67. The molecule has 19 heavy (non-hydrogen) atoms. The summed E-state index contributed by atoms with van der Waals surface area (Å²) >= 11 is 6.22. The lowest BCUT2D eigenvalue weighted by molar-refractivity contribution is -0.122. The molecule has 0 unspecified atom stereocenters. The number of benzene rings is 1. The number of carbonyl (C=O) groups excluding carboxylic acids is 1. The number of methoxy groups -OCH3 is 1. The van der Waals surface area contributed by atoms with Crippen molar-refractivity contribution in [3.8, 4) is 5.75 Å². The molecule has 0 aliphatic carbocycles. The van der Waals surface area contributed by atoms with Crippen molar-refractivity contribution in [1.29, 1.82) is 0 Å². The van der Waals surface area contributed by atoms with Gasteiger partial charge in [0.15, 0.2) is 0 Å². The summed E-state index contributed by atoms with van der Waals surface area (Å²) in [4.78, 5) is 13.2. The number of primary amides is 1. The third-order valence-corrected chi connectivity index (χ3v) is 3.78. The van der Waals surface area contributed by atoms with E-state index >= 15 is 0 Å². The van der Waals surface area contributed by atoms with Crippen molar-refractivity contribution in [1.82, 2.24) is 4.90 Å². The highest BCUT2D eigenvalue weighted by Gasteiger charge is 2.34. The third-order valence-electron chi connectivity index (χ3n) is 3.35. The Morgan fingerprint density at radius 2 is 2.37 bits per heavy atom. The van der Waals surface area contributed by atoms with E-state index in [1.54, 1.807) is 13.2 Å². The van der Waals surface area contributed by atoms with Crippen LogP contribution >= 0.6 is 11.6 Å². The van der Waals surface area contributed by atoms with E-state index in [2.05, 4.69) is 0 Å². The second-order valence-corrected chi connectivity index (χ2v) is 5.05. The summed E-state index contributed by atoms with van der Waals surface area (Å²) in [6, 6.07) is 5.03. The molecule has 6 heteroatoms. The Morgan fingerprint density at radius 3 is 3.00 bits per heavy atom. The number of aliphatic hydroxyl groups excluding tert-OH is 1. The maximum Gasteiger partial charge on any atom is 0.234 e. The molecule has 1 heterocycles. The maximum absolute atomic E-state index is 11.4. The van der Waals surface area contributed by atoms with E-state index in [9.17, 15) is 9.90 Å². The highest BCUT2D eigenvalue weighted by Crippen LogP contribution is 2.30. The molecule has 2 rings (SSSR count). The number of β-amino-alcohol motifs (C(OH)–C–C–N with tert-alkyl or cyclic N) is 1. The van der Waals surface area contributed by atoms with E-state index in [1.165, 1.54) is 0 Å². The lowest BCUT2D eigenvalue weighted by atomic mass is 10.1. The largest absolute Gasteiger partial charge is 0.495 e. The number of nitrogens with two attached hydrogens (primary N) is 1. The zero-order chi connectivity index (χ0) is 14.0. The van der Waals surface area contributed by atoms with Gasteiger partial charge in [0.05, 0.1) is 24.3 Å². The summed E-state index contributed by atoms with van der Waals surface area (Å²) in [6.07, 6.45) is -0.154. The molecule has 1 saturated heterocycles. The second-order valence-electron chi connectivity index (χ2n) is 4.67. The molecule has 1 aromatic rings. The van der Waals surface area contributed by atoms with Crippen LogP contribution in [0, 0.1) is 0 Å². The van der Waals surface area contributed by atoms with Crippen LogP contribution in [0.2, 0.25) is 5.02 Å². The number of nitrogens with zero attached hydrogens (tertiary/aromatic N) is 1. The normalized spacial score (nSPS) is 23.5. The van der Waals surface area contributed by atoms with Gasteiger partial charge < -0.3 is 15.6 Å². The molecule has 1 aliphatic heterocycles. The predicted octanol–water partition coefficient (Wildman–Crippen LogP) is 0.769. The van der Waals surface area contributed by atoms with Crippen molar-refractivity contribution in [2.45, 2.75) is 25.1 Å². The Hall–Kier alpha value is -1.30. The fourth-order valence-electron chi connectivity index (χ4n) is 2.40. The maximum atomic E-state index is 11.4. The molecular formula is C13H17ClN2O3. The van der Waals surface area contributed by atoms with Gasteiger partial charge in [0.25, 0.3) is 0 Å². The van der Waals surface area contributed by atoms with Gasteiger partial charge in [-0.2, -0.15) is 0 Å². The van der Waals surface area contributed by atoms with Crippen molar-refractivity contribution in [2.24, 2.45) is 5.73 Å². The number of hydrogen-bond donors (Lipinski definition) is 2. The van der Waals surface area contributed by atoms with Crippen LogP contribution in [0.4, 0.5) is 0 Å². The van der Waals surface area contributed by atoms with E-state index in [1.807, 2.05) is 17.0 Å². The quantitative estimate of drug-likeness (QED) is 0.856. The Labute approximate surface area is 116 Å². The minimum Gasteiger partial charge on any atom is -0.495 e. The molecule has 1 amide bonds. The molecular weight excluding hydrogens is 268 g/mol. The highest BCUT2D eigenvalue weighted by molar-refractivity contribution is 6.32. The van der Waals surface area contributed by atoms with E-state index in [0.717, 1.165) is 5.56 Å². The summed E-state index contributed by atoms with van der Waals surface area (Å²) in [6.45, 7) is 0.877. The molecule has 1 aromatic carbocycles. The van der Waals surface area contributed by atoms with Crippen molar-refractivity contribution in [3.63, 3.8) is 0 Å². The molecule has 0 aromatic heterocycles. The number of likely N-dealkylation sites (tertiary alicyclic amines) is 1. The molecule has 5 nitrogen and oxygen atoms in total. The van der Waals surface area contributed by atoms with Crippen LogP contribution < -0.4 is 10.5 Å². The summed E-state index contributed by atoms with van der Waals surface area (Å²) < 4.78 is 5.15. The number of carbonyl (C=O) groups is 1. The van der Waals surface area contributed by atoms with Crippen molar-refractivity contribution in [3.05, 3.63) is 28.8 Å². The zero-order valence-corrected chi connectivity index (χ0v) is 11.4. The second kappa shape index (κ2) is 5.77. The van der Waals surface area contributed by atoms with Gasteiger partial charge in [-0.25, -0.2) is 0 Å². The van der Waals surface area contributed by atoms with Gasteiger partial charge in [-0.15, -0.1) is 0 Å². The first-order valence-corrected chi connectivity index (χ1v) is 6.43. The van der Waals surface area contributed by atoms with Crippen LogP contribution in [0.25, 0.3) is 0 Å². The molecule has 104 valence electrons. The molecule has 0 radical (unpaired) electrons.